The Kier molecular flexibility index (Phi) is 4.52. The van der Waals surface area contributed by atoms with Crippen LogP contribution >= 0.6 is 0 Å². The van der Waals surface area contributed by atoms with Crippen molar-refractivity contribution >= 4 is 0 Å². The molecule has 3 aliphatic rings. The van der Waals surface area contributed by atoms with Gasteiger partial charge in [0.15, 0.2) is 0 Å². The van der Waals surface area contributed by atoms with Crippen molar-refractivity contribution in [3.63, 3.8) is 0 Å². The summed E-state index contributed by atoms with van der Waals surface area (Å²) in [4.78, 5) is 4.96. The summed E-state index contributed by atoms with van der Waals surface area (Å²) in [5.41, 5.74) is 0.471. The second kappa shape index (κ2) is 6.38. The molecule has 3 nitrogen and oxygen atoms in total. The largest absolute Gasteiger partial charge is 0.312 e. The first-order valence-electron chi connectivity index (χ1n) is 7.81. The van der Waals surface area contributed by atoms with E-state index in [0.29, 0.717) is 18.0 Å². The molecule has 0 aromatic heterocycles. The maximum Gasteiger partial charge on any atom is 0.126 e. The molecule has 116 valence electrons. The van der Waals surface area contributed by atoms with Crippen LogP contribution in [0.1, 0.15) is 12.5 Å². The molecular weight excluding hydrogens is 272 g/mol. The van der Waals surface area contributed by atoms with Crippen LogP contribution in [0.2, 0.25) is 0 Å². The zero-order valence-electron chi connectivity index (χ0n) is 12.5. The van der Waals surface area contributed by atoms with Crippen molar-refractivity contribution in [3.05, 3.63) is 35.4 Å². The van der Waals surface area contributed by atoms with E-state index in [1.807, 2.05) is 0 Å². The van der Waals surface area contributed by atoms with Crippen LogP contribution in [0.5, 0.6) is 0 Å². The van der Waals surface area contributed by atoms with Crippen LogP contribution in [-0.4, -0.2) is 61.2 Å². The number of hydrogen-bond acceptors (Lipinski definition) is 3. The van der Waals surface area contributed by atoms with Gasteiger partial charge in [-0.15, -0.1) is 0 Å². The van der Waals surface area contributed by atoms with Gasteiger partial charge in [0.25, 0.3) is 0 Å². The van der Waals surface area contributed by atoms with E-state index in [-0.39, 0.29) is 17.7 Å². The molecule has 21 heavy (non-hydrogen) atoms. The topological polar surface area (TPSA) is 18.5 Å². The van der Waals surface area contributed by atoms with E-state index >= 15 is 0 Å². The molecule has 1 aromatic carbocycles. The molecule has 0 radical (unpaired) electrons. The normalized spacial score (nSPS) is 29.6. The average Bonchev–Trinajstić information content (AvgIpc) is 2.51. The SMILES string of the molecule is CCNC(Cc1cc(F)ccc1F)C1CN2CCN1CC2. The predicted molar refractivity (Wildman–Crippen MR) is 79.3 cm³/mol. The van der Waals surface area contributed by atoms with Gasteiger partial charge in [-0.25, -0.2) is 8.78 Å². The van der Waals surface area contributed by atoms with Crippen LogP contribution in [0, 0.1) is 11.6 Å². The lowest BCUT2D eigenvalue weighted by molar-refractivity contribution is -0.00300. The molecule has 2 bridgehead atoms. The molecule has 3 fully saturated rings. The van der Waals surface area contributed by atoms with E-state index < -0.39 is 0 Å². The maximum atomic E-state index is 13.9. The third-order valence-corrected chi connectivity index (χ3v) is 4.70. The Hall–Kier alpha value is -1.04. The highest BCUT2D eigenvalue weighted by Crippen LogP contribution is 2.21. The van der Waals surface area contributed by atoms with Crippen LogP contribution in [0.25, 0.3) is 0 Å². The first kappa shape index (κ1) is 14.9. The van der Waals surface area contributed by atoms with Crippen LogP contribution in [0.15, 0.2) is 18.2 Å². The van der Waals surface area contributed by atoms with E-state index in [9.17, 15) is 8.78 Å². The molecule has 0 amide bonds. The van der Waals surface area contributed by atoms with E-state index in [0.717, 1.165) is 39.3 Å². The van der Waals surface area contributed by atoms with Gasteiger partial charge in [-0.3, -0.25) is 9.80 Å². The fraction of sp³-hybridized carbons (Fsp3) is 0.625. The number of fused-ring (bicyclic) bond motifs is 3. The lowest BCUT2D eigenvalue weighted by atomic mass is 9.94. The molecule has 3 aliphatic heterocycles. The summed E-state index contributed by atoms with van der Waals surface area (Å²) in [7, 11) is 0. The Bertz CT molecular complexity index is 486. The smallest absolute Gasteiger partial charge is 0.126 e. The molecular formula is C16H23F2N3. The lowest BCUT2D eigenvalue weighted by Crippen LogP contribution is -2.66. The molecule has 0 aliphatic carbocycles. The molecule has 2 unspecified atom stereocenters. The molecule has 3 saturated heterocycles. The van der Waals surface area contributed by atoms with Crippen molar-refractivity contribution in [1.82, 2.24) is 15.1 Å². The number of benzene rings is 1. The highest BCUT2D eigenvalue weighted by Gasteiger charge is 2.36. The van der Waals surface area contributed by atoms with Crippen molar-refractivity contribution in [2.45, 2.75) is 25.4 Å². The number of nitrogens with zero attached hydrogens (tertiary/aromatic N) is 2. The minimum absolute atomic E-state index is 0.161. The van der Waals surface area contributed by atoms with Crippen molar-refractivity contribution < 1.29 is 8.78 Å². The predicted octanol–water partition coefficient (Wildman–Crippen LogP) is 1.49. The van der Waals surface area contributed by atoms with Gasteiger partial charge in [0.05, 0.1) is 0 Å². The van der Waals surface area contributed by atoms with Gasteiger partial charge in [0, 0.05) is 44.8 Å². The average molecular weight is 295 g/mol. The van der Waals surface area contributed by atoms with Crippen LogP contribution in [0.3, 0.4) is 0 Å². The van der Waals surface area contributed by atoms with Gasteiger partial charge >= 0.3 is 0 Å². The number of rotatable bonds is 5. The van der Waals surface area contributed by atoms with Crippen LogP contribution in [-0.2, 0) is 6.42 Å². The minimum atomic E-state index is -0.365. The van der Waals surface area contributed by atoms with Gasteiger partial charge in [-0.1, -0.05) is 6.92 Å². The fourth-order valence-electron chi connectivity index (χ4n) is 3.58. The van der Waals surface area contributed by atoms with E-state index in [4.69, 9.17) is 0 Å². The van der Waals surface area contributed by atoms with Crippen molar-refractivity contribution in [3.8, 4) is 0 Å². The second-order valence-corrected chi connectivity index (χ2v) is 6.01. The second-order valence-electron chi connectivity index (χ2n) is 6.01. The van der Waals surface area contributed by atoms with Crippen LogP contribution in [0.4, 0.5) is 8.78 Å². The number of nitrogens with one attached hydrogen (secondary N) is 1. The molecule has 3 heterocycles. The van der Waals surface area contributed by atoms with Gasteiger partial charge in [-0.2, -0.15) is 0 Å². The summed E-state index contributed by atoms with van der Waals surface area (Å²) < 4.78 is 27.3. The molecule has 5 heteroatoms. The van der Waals surface area contributed by atoms with E-state index in [2.05, 4.69) is 22.0 Å². The molecule has 0 saturated carbocycles. The summed E-state index contributed by atoms with van der Waals surface area (Å²) in [6, 6.07) is 4.28. The first-order chi connectivity index (χ1) is 10.2. The summed E-state index contributed by atoms with van der Waals surface area (Å²) in [6.45, 7) is 8.34. The van der Waals surface area contributed by atoms with Crippen molar-refractivity contribution in [2.24, 2.45) is 0 Å². The third kappa shape index (κ3) is 3.25. The molecule has 2 atom stereocenters. The summed E-state index contributed by atoms with van der Waals surface area (Å²) >= 11 is 0. The van der Waals surface area contributed by atoms with Gasteiger partial charge in [-0.05, 0) is 36.7 Å². The van der Waals surface area contributed by atoms with Crippen LogP contribution < -0.4 is 5.32 Å². The zero-order chi connectivity index (χ0) is 14.8. The summed E-state index contributed by atoms with van der Waals surface area (Å²) in [5.74, 6) is -0.675. The number of halogens is 2. The Morgan fingerprint density at radius 1 is 1.24 bits per heavy atom. The standard InChI is InChI=1S/C16H23F2N3/c1-2-19-15(10-12-9-13(17)3-4-14(12)18)16-11-20-5-7-21(16)8-6-20/h3-4,9,15-16,19H,2,5-8,10-11H2,1H3. The third-order valence-electron chi connectivity index (χ3n) is 4.70. The molecule has 1 N–H and O–H groups in total. The summed E-state index contributed by atoms with van der Waals surface area (Å²) in [5, 5.41) is 3.47. The molecule has 1 aromatic rings. The number of likely N-dealkylation sites (N-methyl/N-ethyl adjacent to an activating group) is 1. The fourth-order valence-corrected chi connectivity index (χ4v) is 3.58. The monoisotopic (exact) mass is 295 g/mol. The number of hydrogen-bond donors (Lipinski definition) is 1. The molecule has 4 rings (SSSR count). The maximum absolute atomic E-state index is 13.9. The Morgan fingerprint density at radius 2 is 2.00 bits per heavy atom. The zero-order valence-corrected chi connectivity index (χ0v) is 12.5. The minimum Gasteiger partial charge on any atom is -0.312 e. The number of piperazine rings is 3. The highest BCUT2D eigenvalue weighted by atomic mass is 19.1. The van der Waals surface area contributed by atoms with Crippen molar-refractivity contribution in [2.75, 3.05) is 39.3 Å². The Balaban J connectivity index is 1.76. The Morgan fingerprint density at radius 3 is 2.62 bits per heavy atom. The van der Waals surface area contributed by atoms with Crippen molar-refractivity contribution in [1.29, 1.82) is 0 Å². The van der Waals surface area contributed by atoms with E-state index in [1.54, 1.807) is 0 Å². The first-order valence-corrected chi connectivity index (χ1v) is 7.81. The molecule has 0 spiro atoms. The van der Waals surface area contributed by atoms with Gasteiger partial charge in [0.1, 0.15) is 11.6 Å². The van der Waals surface area contributed by atoms with E-state index in [1.165, 1.54) is 18.2 Å². The Labute approximate surface area is 124 Å². The highest BCUT2D eigenvalue weighted by molar-refractivity contribution is 5.20. The lowest BCUT2D eigenvalue weighted by Gasteiger charge is -2.50. The van der Waals surface area contributed by atoms with Gasteiger partial charge < -0.3 is 5.32 Å². The van der Waals surface area contributed by atoms with Gasteiger partial charge in [0.2, 0.25) is 0 Å². The summed E-state index contributed by atoms with van der Waals surface area (Å²) in [6.07, 6.45) is 0.534. The quantitative estimate of drug-likeness (QED) is 0.888.